The average molecular weight is 422 g/mol. The highest BCUT2D eigenvalue weighted by atomic mass is 32.2. The molecule has 3 rings (SSSR count). The van der Waals surface area contributed by atoms with Gasteiger partial charge in [-0.3, -0.25) is 4.79 Å². The molecule has 0 radical (unpaired) electrons. The first-order valence-corrected chi connectivity index (χ1v) is 11.4. The number of aliphatic hydroxyl groups is 1. The molecule has 2 bridgehead atoms. The summed E-state index contributed by atoms with van der Waals surface area (Å²) in [5.41, 5.74) is 0.961. The molecule has 1 amide bonds. The van der Waals surface area contributed by atoms with Crippen LogP contribution in [0.5, 0.6) is 0 Å². The third kappa shape index (κ3) is 6.46. The first-order valence-electron chi connectivity index (χ1n) is 10.4. The van der Waals surface area contributed by atoms with Crippen molar-refractivity contribution in [2.24, 2.45) is 5.92 Å². The van der Waals surface area contributed by atoms with E-state index >= 15 is 0 Å². The van der Waals surface area contributed by atoms with Crippen LogP contribution in [0.1, 0.15) is 52.4 Å². The molecular formula is C22H31NO5S. The lowest BCUT2D eigenvalue weighted by atomic mass is 9.90. The van der Waals surface area contributed by atoms with E-state index in [1.165, 1.54) is 6.08 Å². The predicted octanol–water partition coefficient (Wildman–Crippen LogP) is 3.86. The second-order valence-electron chi connectivity index (χ2n) is 8.28. The molecule has 0 aromatic rings. The van der Waals surface area contributed by atoms with Gasteiger partial charge in [0.25, 0.3) is 5.24 Å². The summed E-state index contributed by atoms with van der Waals surface area (Å²) in [6.45, 7) is 4.07. The van der Waals surface area contributed by atoms with E-state index in [2.05, 4.69) is 30.5 Å². The maximum atomic E-state index is 12.4. The molecule has 3 heterocycles. The first kappa shape index (κ1) is 22.1. The van der Waals surface area contributed by atoms with E-state index in [1.54, 1.807) is 0 Å². The largest absolute Gasteiger partial charge is 0.459 e. The van der Waals surface area contributed by atoms with Crippen molar-refractivity contribution in [3.63, 3.8) is 0 Å². The quantitative estimate of drug-likeness (QED) is 0.626. The van der Waals surface area contributed by atoms with Crippen LogP contribution in [0.4, 0.5) is 4.79 Å². The first-order chi connectivity index (χ1) is 13.8. The van der Waals surface area contributed by atoms with Crippen LogP contribution in [0.2, 0.25) is 0 Å². The van der Waals surface area contributed by atoms with Gasteiger partial charge in [0.2, 0.25) is 0 Å². The van der Waals surface area contributed by atoms with Gasteiger partial charge in [0.15, 0.2) is 5.79 Å². The number of hydrogen-bond donors (Lipinski definition) is 2. The van der Waals surface area contributed by atoms with Crippen molar-refractivity contribution in [2.45, 2.75) is 76.4 Å². The van der Waals surface area contributed by atoms with Gasteiger partial charge < -0.3 is 19.9 Å². The summed E-state index contributed by atoms with van der Waals surface area (Å²) in [7, 11) is 0. The number of ether oxygens (including phenoxy) is 2. The van der Waals surface area contributed by atoms with Crippen molar-refractivity contribution in [1.29, 1.82) is 0 Å². The average Bonchev–Trinajstić information content (AvgIpc) is 3.09. The van der Waals surface area contributed by atoms with Crippen molar-refractivity contribution < 1.29 is 24.2 Å². The van der Waals surface area contributed by atoms with Crippen molar-refractivity contribution in [1.82, 2.24) is 5.32 Å². The third-order valence-corrected chi connectivity index (χ3v) is 6.50. The highest BCUT2D eigenvalue weighted by molar-refractivity contribution is 8.14. The van der Waals surface area contributed by atoms with Gasteiger partial charge in [0.05, 0.1) is 12.1 Å². The Morgan fingerprint density at radius 2 is 2.07 bits per heavy atom. The molecule has 29 heavy (non-hydrogen) atoms. The van der Waals surface area contributed by atoms with Crippen molar-refractivity contribution in [3.8, 4) is 0 Å². The minimum absolute atomic E-state index is 0.159. The number of carbonyl (C=O) groups excluding carboxylic acids is 2. The van der Waals surface area contributed by atoms with Crippen LogP contribution < -0.4 is 5.32 Å². The molecule has 2 fully saturated rings. The smallest absolute Gasteiger partial charge is 0.330 e. The molecule has 0 aliphatic carbocycles. The standard InChI is InChI=1S/C22H31NO5S/c1-15-7-5-3-4-6-8-16(2)11-20(24)27-18-12-17(10-9-15)28-22(26,13-18)19-14-29-21(25)23-19/h3-5,7,11,15,17-19,26H,6,8-10,12-14H2,1-2H3,(H,23,25)/b4-3+,7-5-,16-11-/t15-,17-,18-,19-,22-/m1/s1. The molecule has 3 aliphatic rings. The van der Waals surface area contributed by atoms with Crippen LogP contribution in [0.3, 0.4) is 0 Å². The second-order valence-corrected chi connectivity index (χ2v) is 9.27. The predicted molar refractivity (Wildman–Crippen MR) is 113 cm³/mol. The van der Waals surface area contributed by atoms with E-state index in [4.69, 9.17) is 9.47 Å². The monoisotopic (exact) mass is 421 g/mol. The molecule has 0 aromatic heterocycles. The Labute approximate surface area is 176 Å². The summed E-state index contributed by atoms with van der Waals surface area (Å²) in [6.07, 6.45) is 13.2. The number of thioether (sulfide) groups is 1. The number of hydrogen-bond acceptors (Lipinski definition) is 6. The number of nitrogens with one attached hydrogen (secondary N) is 1. The van der Waals surface area contributed by atoms with Crippen LogP contribution in [0, 0.1) is 5.92 Å². The Bertz CT molecular complexity index is 703. The fourth-order valence-corrected chi connectivity index (χ4v) is 4.85. The minimum atomic E-state index is -1.53. The van der Waals surface area contributed by atoms with E-state index in [-0.39, 0.29) is 23.7 Å². The zero-order valence-electron chi connectivity index (χ0n) is 17.1. The van der Waals surface area contributed by atoms with Gasteiger partial charge in [0.1, 0.15) is 6.10 Å². The third-order valence-electron chi connectivity index (χ3n) is 5.62. The fourth-order valence-electron chi connectivity index (χ4n) is 3.96. The summed E-state index contributed by atoms with van der Waals surface area (Å²) in [4.78, 5) is 24.0. The van der Waals surface area contributed by atoms with Gasteiger partial charge in [-0.25, -0.2) is 4.79 Å². The zero-order chi connectivity index (χ0) is 20.9. The van der Waals surface area contributed by atoms with E-state index in [0.29, 0.717) is 18.1 Å². The van der Waals surface area contributed by atoms with E-state index in [9.17, 15) is 14.7 Å². The van der Waals surface area contributed by atoms with Crippen molar-refractivity contribution >= 4 is 23.0 Å². The van der Waals surface area contributed by atoms with Crippen LogP contribution in [-0.2, 0) is 14.3 Å². The maximum Gasteiger partial charge on any atom is 0.330 e. The molecular weight excluding hydrogens is 390 g/mol. The molecule has 7 heteroatoms. The number of fused-ring (bicyclic) bond motifs is 2. The summed E-state index contributed by atoms with van der Waals surface area (Å²) in [5.74, 6) is -1.10. The second kappa shape index (κ2) is 9.96. The Morgan fingerprint density at radius 1 is 1.24 bits per heavy atom. The highest BCUT2D eigenvalue weighted by Gasteiger charge is 2.49. The van der Waals surface area contributed by atoms with Crippen LogP contribution in [-0.4, -0.2) is 46.1 Å². The summed E-state index contributed by atoms with van der Waals surface area (Å²) in [6, 6.07) is -0.505. The summed E-state index contributed by atoms with van der Waals surface area (Å²) < 4.78 is 11.8. The topological polar surface area (TPSA) is 84.9 Å². The molecule has 5 atom stereocenters. The van der Waals surface area contributed by atoms with Gasteiger partial charge in [-0.05, 0) is 38.5 Å². The number of amides is 1. The molecule has 0 saturated carbocycles. The van der Waals surface area contributed by atoms with Gasteiger partial charge in [-0.1, -0.05) is 48.6 Å². The van der Waals surface area contributed by atoms with Gasteiger partial charge in [-0.15, -0.1) is 0 Å². The molecule has 2 saturated heterocycles. The van der Waals surface area contributed by atoms with Crippen LogP contribution in [0.15, 0.2) is 36.0 Å². The molecule has 0 spiro atoms. The minimum Gasteiger partial charge on any atom is -0.459 e. The molecule has 0 unspecified atom stereocenters. The highest BCUT2D eigenvalue weighted by Crippen LogP contribution is 2.36. The van der Waals surface area contributed by atoms with E-state index < -0.39 is 17.9 Å². The lowest BCUT2D eigenvalue weighted by molar-refractivity contribution is -0.283. The number of rotatable bonds is 1. The molecule has 3 aliphatic heterocycles. The van der Waals surface area contributed by atoms with Crippen LogP contribution >= 0.6 is 11.8 Å². The Morgan fingerprint density at radius 3 is 2.83 bits per heavy atom. The zero-order valence-corrected chi connectivity index (χ0v) is 18.0. The van der Waals surface area contributed by atoms with E-state index in [0.717, 1.165) is 43.0 Å². The lowest BCUT2D eigenvalue weighted by Crippen LogP contribution is -2.58. The Hall–Kier alpha value is -1.57. The van der Waals surface area contributed by atoms with E-state index in [1.807, 2.05) is 13.0 Å². The SMILES string of the molecule is C/C1=C/C(=O)O[C@@H]2C[C@@H](CC[C@H](C)/C=C\C=C\CC1)O[C@@](O)([C@H]1CSC(=O)N1)C2. The Balaban J connectivity index is 1.78. The number of allylic oxidation sites excluding steroid dienone is 5. The maximum absolute atomic E-state index is 12.4. The number of carbonyl (C=O) groups is 2. The van der Waals surface area contributed by atoms with Gasteiger partial charge in [-0.2, -0.15) is 0 Å². The van der Waals surface area contributed by atoms with Gasteiger partial charge >= 0.3 is 5.97 Å². The lowest BCUT2D eigenvalue weighted by Gasteiger charge is -2.43. The summed E-state index contributed by atoms with van der Waals surface area (Å²) in [5, 5.41) is 13.8. The van der Waals surface area contributed by atoms with Gasteiger partial charge in [0, 0.05) is 24.7 Å². The number of esters is 1. The fraction of sp³-hybridized carbons (Fsp3) is 0.636. The van der Waals surface area contributed by atoms with Crippen molar-refractivity contribution in [3.05, 3.63) is 36.0 Å². The molecule has 2 N–H and O–H groups in total. The molecule has 6 nitrogen and oxygen atoms in total. The summed E-state index contributed by atoms with van der Waals surface area (Å²) >= 11 is 1.14. The normalized spacial score (nSPS) is 41.0. The van der Waals surface area contributed by atoms with Crippen molar-refractivity contribution in [2.75, 3.05) is 5.75 Å². The van der Waals surface area contributed by atoms with Crippen LogP contribution in [0.25, 0.3) is 0 Å². The molecule has 160 valence electrons. The Kier molecular flexibility index (Phi) is 7.60. The molecule has 0 aromatic carbocycles.